The summed E-state index contributed by atoms with van der Waals surface area (Å²) in [6, 6.07) is 12.6. The Morgan fingerprint density at radius 3 is 2.70 bits per heavy atom. The summed E-state index contributed by atoms with van der Waals surface area (Å²) in [5.41, 5.74) is 7.91. The van der Waals surface area contributed by atoms with Crippen LogP contribution in [0, 0.1) is 0 Å². The van der Waals surface area contributed by atoms with Crippen LogP contribution < -0.4 is 0 Å². The van der Waals surface area contributed by atoms with E-state index < -0.39 is 0 Å². The van der Waals surface area contributed by atoms with E-state index >= 15 is 0 Å². The van der Waals surface area contributed by atoms with E-state index in [1.807, 2.05) is 30.9 Å². The monoisotopic (exact) mass is 451 g/mol. The van der Waals surface area contributed by atoms with Gasteiger partial charge in [0.2, 0.25) is 0 Å². The molecule has 0 bridgehead atoms. The van der Waals surface area contributed by atoms with Crippen molar-refractivity contribution < 1.29 is 0 Å². The molecule has 0 atom stereocenters. The van der Waals surface area contributed by atoms with Gasteiger partial charge in [-0.1, -0.05) is 12.1 Å². The second kappa shape index (κ2) is 7.91. The molecule has 5 aromatic heterocycles. The first-order valence-electron chi connectivity index (χ1n) is 10.6. The summed E-state index contributed by atoms with van der Waals surface area (Å²) in [7, 11) is 4.12. The summed E-state index contributed by atoms with van der Waals surface area (Å²) in [6.07, 6.45) is 7.50. The SMILES string of the molecule is CN(C)Cc1cncc(-c2ccc3[nH]nc(-c4nc5c(-c6cccs6)cncc5[nH]4)c3c2)c1. The van der Waals surface area contributed by atoms with Crippen molar-refractivity contribution in [3.8, 4) is 33.1 Å². The number of nitrogens with zero attached hydrogens (tertiary/aromatic N) is 5. The molecule has 0 saturated heterocycles. The highest BCUT2D eigenvalue weighted by Crippen LogP contribution is 2.34. The van der Waals surface area contributed by atoms with Crippen LogP contribution in [-0.2, 0) is 6.54 Å². The van der Waals surface area contributed by atoms with Crippen molar-refractivity contribution in [2.24, 2.45) is 0 Å². The molecular formula is C25H21N7S. The van der Waals surface area contributed by atoms with Gasteiger partial charge in [0.25, 0.3) is 0 Å². The number of imidazole rings is 1. The molecule has 6 aromatic rings. The second-order valence-corrected chi connectivity index (χ2v) is 9.25. The Morgan fingerprint density at radius 1 is 0.939 bits per heavy atom. The molecule has 7 nitrogen and oxygen atoms in total. The maximum atomic E-state index is 4.92. The van der Waals surface area contributed by atoms with Gasteiger partial charge in [0.15, 0.2) is 5.82 Å². The van der Waals surface area contributed by atoms with Gasteiger partial charge in [0, 0.05) is 46.5 Å². The van der Waals surface area contributed by atoms with Gasteiger partial charge in [-0.3, -0.25) is 15.1 Å². The number of hydrogen-bond acceptors (Lipinski definition) is 6. The van der Waals surface area contributed by atoms with Crippen LogP contribution in [0.4, 0.5) is 0 Å². The lowest BCUT2D eigenvalue weighted by atomic mass is 10.0. The quantitative estimate of drug-likeness (QED) is 0.369. The van der Waals surface area contributed by atoms with E-state index in [1.54, 1.807) is 11.3 Å². The van der Waals surface area contributed by atoms with Crippen LogP contribution in [0.3, 0.4) is 0 Å². The standard InChI is InChI=1S/C25H21N7S/c1-32(2)14-15-8-17(11-26-10-15)16-5-6-20-18(9-16)24(31-30-20)25-28-21-13-27-12-19(23(21)29-25)22-4-3-7-33-22/h3-13H,14H2,1-2H3,(H,28,29)(H,30,31). The Balaban J connectivity index is 1.45. The third kappa shape index (κ3) is 3.59. The fourth-order valence-corrected chi connectivity index (χ4v) is 4.87. The van der Waals surface area contributed by atoms with E-state index in [2.05, 4.69) is 79.9 Å². The zero-order valence-corrected chi connectivity index (χ0v) is 19.0. The van der Waals surface area contributed by atoms with Gasteiger partial charge in [0.05, 0.1) is 17.2 Å². The highest BCUT2D eigenvalue weighted by Gasteiger charge is 2.16. The van der Waals surface area contributed by atoms with Crippen LogP contribution in [0.2, 0.25) is 0 Å². The maximum absolute atomic E-state index is 4.92. The minimum atomic E-state index is 0.721. The Bertz CT molecular complexity index is 1580. The first-order chi connectivity index (χ1) is 16.2. The fourth-order valence-electron chi connectivity index (χ4n) is 4.13. The summed E-state index contributed by atoms with van der Waals surface area (Å²) in [5, 5.41) is 10.8. The van der Waals surface area contributed by atoms with Crippen molar-refractivity contribution in [1.29, 1.82) is 0 Å². The topological polar surface area (TPSA) is 86.4 Å². The van der Waals surface area contributed by atoms with Gasteiger partial charge in [0.1, 0.15) is 11.2 Å². The van der Waals surface area contributed by atoms with Gasteiger partial charge < -0.3 is 9.88 Å². The summed E-state index contributed by atoms with van der Waals surface area (Å²) in [5.74, 6) is 0.721. The third-order valence-corrected chi connectivity index (χ3v) is 6.50. The fraction of sp³-hybridized carbons (Fsp3) is 0.120. The number of aromatic amines is 2. The lowest BCUT2D eigenvalue weighted by Crippen LogP contribution is -2.10. The smallest absolute Gasteiger partial charge is 0.159 e. The van der Waals surface area contributed by atoms with E-state index in [4.69, 9.17) is 4.98 Å². The summed E-state index contributed by atoms with van der Waals surface area (Å²) in [6.45, 7) is 0.847. The first-order valence-corrected chi connectivity index (χ1v) is 11.5. The molecule has 0 aliphatic heterocycles. The van der Waals surface area contributed by atoms with Gasteiger partial charge in [-0.2, -0.15) is 5.10 Å². The van der Waals surface area contributed by atoms with Crippen molar-refractivity contribution >= 4 is 33.3 Å². The molecular weight excluding hydrogens is 430 g/mol. The number of fused-ring (bicyclic) bond motifs is 2. The van der Waals surface area contributed by atoms with Crippen molar-refractivity contribution in [1.82, 2.24) is 35.0 Å². The van der Waals surface area contributed by atoms with Crippen LogP contribution in [0.5, 0.6) is 0 Å². The van der Waals surface area contributed by atoms with Crippen molar-refractivity contribution in [2.75, 3.05) is 14.1 Å². The molecule has 0 radical (unpaired) electrons. The average molecular weight is 452 g/mol. The molecule has 0 amide bonds. The van der Waals surface area contributed by atoms with Crippen molar-refractivity contribution in [3.05, 3.63) is 72.1 Å². The molecule has 6 rings (SSSR count). The Kier molecular flexibility index (Phi) is 4.74. The van der Waals surface area contributed by atoms with Crippen LogP contribution in [0.15, 0.2) is 66.6 Å². The van der Waals surface area contributed by atoms with E-state index in [0.717, 1.165) is 61.6 Å². The van der Waals surface area contributed by atoms with Gasteiger partial charge >= 0.3 is 0 Å². The largest absolute Gasteiger partial charge is 0.335 e. The Morgan fingerprint density at radius 2 is 1.85 bits per heavy atom. The van der Waals surface area contributed by atoms with E-state index in [1.165, 1.54) is 5.56 Å². The van der Waals surface area contributed by atoms with Crippen LogP contribution >= 0.6 is 11.3 Å². The van der Waals surface area contributed by atoms with Crippen LogP contribution in [-0.4, -0.2) is 49.1 Å². The number of hydrogen-bond donors (Lipinski definition) is 2. The number of pyridine rings is 2. The summed E-state index contributed by atoms with van der Waals surface area (Å²) >= 11 is 1.68. The highest BCUT2D eigenvalue weighted by atomic mass is 32.1. The molecule has 0 fully saturated rings. The average Bonchev–Trinajstić information content (AvgIpc) is 3.57. The number of nitrogens with one attached hydrogen (secondary N) is 2. The second-order valence-electron chi connectivity index (χ2n) is 8.30. The molecule has 8 heteroatoms. The van der Waals surface area contributed by atoms with Crippen molar-refractivity contribution in [2.45, 2.75) is 6.54 Å². The molecule has 162 valence electrons. The Hall–Kier alpha value is -3.88. The lowest BCUT2D eigenvalue weighted by molar-refractivity contribution is 0.402. The van der Waals surface area contributed by atoms with E-state index in [9.17, 15) is 0 Å². The van der Waals surface area contributed by atoms with Crippen LogP contribution in [0.1, 0.15) is 5.56 Å². The van der Waals surface area contributed by atoms with E-state index in [0.29, 0.717) is 0 Å². The number of benzene rings is 1. The number of thiophene rings is 1. The maximum Gasteiger partial charge on any atom is 0.159 e. The van der Waals surface area contributed by atoms with Gasteiger partial charge in [-0.05, 0) is 54.9 Å². The zero-order chi connectivity index (χ0) is 22.4. The predicted molar refractivity (Wildman–Crippen MR) is 133 cm³/mol. The number of H-pyrrole nitrogens is 2. The molecule has 0 spiro atoms. The third-order valence-electron chi connectivity index (χ3n) is 5.59. The lowest BCUT2D eigenvalue weighted by Gasteiger charge is -2.10. The summed E-state index contributed by atoms with van der Waals surface area (Å²) in [4.78, 5) is 20.5. The predicted octanol–water partition coefficient (Wildman–Crippen LogP) is 5.35. The van der Waals surface area contributed by atoms with Gasteiger partial charge in [-0.25, -0.2) is 4.98 Å². The molecule has 0 unspecified atom stereocenters. The molecule has 0 aliphatic carbocycles. The molecule has 1 aromatic carbocycles. The number of rotatable bonds is 5. The molecule has 5 heterocycles. The number of aromatic nitrogens is 6. The molecule has 0 saturated carbocycles. The van der Waals surface area contributed by atoms with Crippen LogP contribution in [0.25, 0.3) is 55.0 Å². The van der Waals surface area contributed by atoms with E-state index in [-0.39, 0.29) is 0 Å². The summed E-state index contributed by atoms with van der Waals surface area (Å²) < 4.78 is 0. The first kappa shape index (κ1) is 19.8. The van der Waals surface area contributed by atoms with Gasteiger partial charge in [-0.15, -0.1) is 11.3 Å². The van der Waals surface area contributed by atoms with Crippen molar-refractivity contribution in [3.63, 3.8) is 0 Å². The molecule has 2 N–H and O–H groups in total. The zero-order valence-electron chi connectivity index (χ0n) is 18.2. The molecule has 0 aliphatic rings. The molecule has 33 heavy (non-hydrogen) atoms. The normalized spacial score (nSPS) is 11.7. The Labute approximate surface area is 194 Å². The highest BCUT2D eigenvalue weighted by molar-refractivity contribution is 7.13. The minimum Gasteiger partial charge on any atom is -0.335 e. The minimum absolute atomic E-state index is 0.721.